The normalized spacial score (nSPS) is 13.1. The van der Waals surface area contributed by atoms with Gasteiger partial charge in [-0.2, -0.15) is 0 Å². The summed E-state index contributed by atoms with van der Waals surface area (Å²) in [5.41, 5.74) is 4.39. The maximum atomic E-state index is 15.1. The van der Waals surface area contributed by atoms with Gasteiger partial charge < -0.3 is 0 Å². The number of rotatable bonds is 14. The van der Waals surface area contributed by atoms with Crippen LogP contribution in [0.5, 0.6) is 0 Å². The number of nitrogens with zero attached hydrogens (tertiary/aromatic N) is 2. The second-order valence-corrected chi connectivity index (χ2v) is 33.5. The summed E-state index contributed by atoms with van der Waals surface area (Å²) in [6.45, 7) is 10.6. The Hall–Kier alpha value is -3.54. The fourth-order valence-electron chi connectivity index (χ4n) is 5.36. The van der Waals surface area contributed by atoms with Crippen molar-refractivity contribution >= 4 is 81.1 Å². The van der Waals surface area contributed by atoms with Gasteiger partial charge in [0.15, 0.2) is 0 Å². The molecular formula is C42H42I2N2O9S4. The van der Waals surface area contributed by atoms with E-state index >= 15 is 33.7 Å². The average Bonchev–Trinajstić information content (AvgIpc) is 3.18. The van der Waals surface area contributed by atoms with E-state index in [2.05, 4.69) is 0 Å². The monoisotopic (exact) mass is 1100 g/mol. The van der Waals surface area contributed by atoms with Crippen LogP contribution < -0.4 is 0 Å². The molecule has 0 aromatic heterocycles. The van der Waals surface area contributed by atoms with Crippen LogP contribution in [0.25, 0.3) is 0 Å². The van der Waals surface area contributed by atoms with Crippen molar-refractivity contribution in [3.63, 3.8) is 0 Å². The molecule has 0 aliphatic heterocycles. The first kappa shape index (κ1) is 45.0. The number of sulfonamides is 4. The van der Waals surface area contributed by atoms with Gasteiger partial charge in [-0.05, 0) is 0 Å². The Morgan fingerprint density at radius 2 is 0.475 bits per heavy atom. The molecule has 0 fully saturated rings. The molecule has 6 aromatic rings. The zero-order valence-corrected chi connectivity index (χ0v) is 40.4. The minimum atomic E-state index is -5.04. The van der Waals surface area contributed by atoms with E-state index < -0.39 is 81.1 Å². The summed E-state index contributed by atoms with van der Waals surface area (Å²) in [4.78, 5) is -1.43. The van der Waals surface area contributed by atoms with Gasteiger partial charge in [-0.25, -0.2) is 0 Å². The molecule has 0 unspecified atom stereocenters. The molecule has 0 bridgehead atoms. The Morgan fingerprint density at radius 1 is 0.305 bits per heavy atom. The first-order valence-electron chi connectivity index (χ1n) is 17.8. The van der Waals surface area contributed by atoms with Crippen LogP contribution in [0, 0.1) is 48.7 Å². The van der Waals surface area contributed by atoms with Gasteiger partial charge in [0.05, 0.1) is 0 Å². The molecule has 0 heterocycles. The van der Waals surface area contributed by atoms with Gasteiger partial charge in [-0.15, -0.1) is 0 Å². The van der Waals surface area contributed by atoms with Crippen LogP contribution in [0.2, 0.25) is 0 Å². The fourth-order valence-corrected chi connectivity index (χ4v) is 36.1. The minimum absolute atomic E-state index is 0.154. The van der Waals surface area contributed by atoms with Crippen molar-refractivity contribution < 1.29 is 35.1 Å². The van der Waals surface area contributed by atoms with Crippen LogP contribution >= 0.6 is 41.0 Å². The molecule has 0 radical (unpaired) electrons. The van der Waals surface area contributed by atoms with Crippen LogP contribution in [-0.4, -0.2) is 37.5 Å². The molecule has 0 amide bonds. The van der Waals surface area contributed by atoms with Crippen LogP contribution in [0.1, 0.15) is 33.4 Å². The Labute approximate surface area is 363 Å². The van der Waals surface area contributed by atoms with Crippen molar-refractivity contribution in [2.45, 2.75) is 61.1 Å². The Bertz CT molecular complexity index is 2540. The topological polar surface area (TPSA) is 152 Å². The molecule has 0 saturated heterocycles. The summed E-state index contributed by atoms with van der Waals surface area (Å²) in [5.74, 6) is 0. The summed E-state index contributed by atoms with van der Waals surface area (Å²) in [6, 6.07) is 35.4. The molecular weight excluding hydrogens is 1060 g/mol. The van der Waals surface area contributed by atoms with Crippen molar-refractivity contribution in [1.29, 1.82) is 0 Å². The third-order valence-corrected chi connectivity index (χ3v) is 35.6. The molecule has 17 heteroatoms. The molecule has 11 nitrogen and oxygen atoms in total. The first-order chi connectivity index (χ1) is 27.7. The average molecular weight is 1100 g/mol. The molecule has 0 atom stereocenters. The van der Waals surface area contributed by atoms with Crippen molar-refractivity contribution in [2.24, 2.45) is 0 Å². The Kier molecular flexibility index (Phi) is 13.6. The first-order valence-corrected chi connectivity index (χ1v) is 29.4. The van der Waals surface area contributed by atoms with Gasteiger partial charge in [-0.3, -0.25) is 0 Å². The van der Waals surface area contributed by atoms with E-state index in [4.69, 9.17) is 1.40 Å². The number of aryl methyl sites for hydroxylation is 6. The van der Waals surface area contributed by atoms with E-state index in [-0.39, 0.29) is 26.7 Å². The molecule has 0 spiro atoms. The number of benzene rings is 6. The van der Waals surface area contributed by atoms with Crippen molar-refractivity contribution in [3.05, 3.63) is 186 Å². The second-order valence-electron chi connectivity index (χ2n) is 13.7. The third kappa shape index (κ3) is 9.68. The molecule has 0 N–H and O–H groups in total. The van der Waals surface area contributed by atoms with Crippen LogP contribution in [-0.2, 0) is 41.5 Å². The van der Waals surface area contributed by atoms with Crippen molar-refractivity contribution in [2.75, 3.05) is 0 Å². The molecule has 0 aliphatic carbocycles. The van der Waals surface area contributed by atoms with Crippen molar-refractivity contribution in [3.8, 4) is 0 Å². The van der Waals surface area contributed by atoms with Gasteiger partial charge >= 0.3 is 367 Å². The number of hydrogen-bond donors (Lipinski definition) is 0. The van der Waals surface area contributed by atoms with Gasteiger partial charge in [0.2, 0.25) is 0 Å². The van der Waals surface area contributed by atoms with Gasteiger partial charge in [-0.1, -0.05) is 0 Å². The summed E-state index contributed by atoms with van der Waals surface area (Å²) < 4.78 is 129. The SMILES string of the molecule is Cc1ccc(I(OI(c2ccc(C)cc2)N(S(=O)(=O)c2ccc(C)cc2)S(=O)(=O)c2ccc(C)cc2)N(S(=O)(=O)c2ccc(C)cc2)S(=O)(=O)c2ccc(C)cc2)cc1. The van der Waals surface area contributed by atoms with Crippen molar-refractivity contribution in [1.82, 2.24) is 3.85 Å². The molecule has 0 aliphatic rings. The zero-order chi connectivity index (χ0) is 42.9. The van der Waals surface area contributed by atoms with E-state index in [1.807, 2.05) is 0 Å². The molecule has 59 heavy (non-hydrogen) atoms. The van der Waals surface area contributed by atoms with E-state index in [0.29, 0.717) is 26.1 Å². The maximum absolute atomic E-state index is 15.1. The summed E-state index contributed by atoms with van der Waals surface area (Å²) >= 11 is -9.22. The predicted molar refractivity (Wildman–Crippen MR) is 246 cm³/mol. The van der Waals surface area contributed by atoms with E-state index in [9.17, 15) is 0 Å². The van der Waals surface area contributed by atoms with Crippen LogP contribution in [0.15, 0.2) is 165 Å². The molecule has 0 saturated carbocycles. The van der Waals surface area contributed by atoms with E-state index in [0.717, 1.165) is 11.1 Å². The standard InChI is InChI=1S/C42H42I2N2O9S4/c1-31-7-19-37(20-8-31)43(45(56(47,48)39-23-11-33(3)12-24-39)57(49,50)40-25-13-34(4)14-26-40)55-44(38-21-9-32(2)10-22-38)46(58(51,52)41-27-15-35(5)16-28-41)59(53,54)42-29-17-36(6)18-30-42/h7-30H,1-6H3. The van der Waals surface area contributed by atoms with Gasteiger partial charge in [0, 0.05) is 0 Å². The van der Waals surface area contributed by atoms with Gasteiger partial charge in [0.25, 0.3) is 0 Å². The van der Waals surface area contributed by atoms with Gasteiger partial charge in [0.1, 0.15) is 0 Å². The number of hydrogen-bond acceptors (Lipinski definition) is 9. The molecule has 6 rings (SSSR count). The number of halogens is 2. The zero-order valence-electron chi connectivity index (χ0n) is 32.8. The van der Waals surface area contributed by atoms with E-state index in [1.54, 1.807) is 90.1 Å². The summed E-state index contributed by atoms with van der Waals surface area (Å²) in [6.07, 6.45) is 0. The molecule has 6 aromatic carbocycles. The van der Waals surface area contributed by atoms with Crippen LogP contribution in [0.4, 0.5) is 0 Å². The Morgan fingerprint density at radius 3 is 0.661 bits per heavy atom. The van der Waals surface area contributed by atoms with Crippen LogP contribution in [0.3, 0.4) is 0 Å². The molecule has 312 valence electrons. The Balaban J connectivity index is 1.71. The predicted octanol–water partition coefficient (Wildman–Crippen LogP) is 9.43. The second kappa shape index (κ2) is 17.8. The fraction of sp³-hybridized carbons (Fsp3) is 0.143. The third-order valence-electron chi connectivity index (χ3n) is 8.79. The summed E-state index contributed by atoms with van der Waals surface area (Å²) in [7, 11) is -20.2. The summed E-state index contributed by atoms with van der Waals surface area (Å²) in [5, 5.41) is 0. The quantitative estimate of drug-likeness (QED) is 0.0768. The van der Waals surface area contributed by atoms with E-state index in [1.165, 1.54) is 97.1 Å².